The van der Waals surface area contributed by atoms with Crippen molar-refractivity contribution in [1.82, 2.24) is 0 Å². The molecule has 0 spiro atoms. The van der Waals surface area contributed by atoms with Gasteiger partial charge in [0.1, 0.15) is 18.5 Å². The van der Waals surface area contributed by atoms with E-state index in [2.05, 4.69) is 4.74 Å². The summed E-state index contributed by atoms with van der Waals surface area (Å²) in [7, 11) is -1.54. The van der Waals surface area contributed by atoms with E-state index in [1.54, 1.807) is 0 Å². The molecule has 222 valence electrons. The molecule has 0 fully saturated rings. The largest absolute Gasteiger partial charge is 0.490 e. The highest BCUT2D eigenvalue weighted by Gasteiger charge is 2.48. The average Bonchev–Trinajstić information content (AvgIpc) is 2.85. The molecule has 0 amide bonds. The van der Waals surface area contributed by atoms with Crippen LogP contribution in [-0.2, 0) is 44.6 Å². The molecule has 0 aliphatic heterocycles. The zero-order valence-corrected chi connectivity index (χ0v) is 23.5. The fourth-order valence-corrected chi connectivity index (χ4v) is 5.57. The number of carbonyl (C=O) groups excluding carboxylic acids is 3. The van der Waals surface area contributed by atoms with E-state index in [1.807, 2.05) is 0 Å². The van der Waals surface area contributed by atoms with Crippen LogP contribution in [0.15, 0.2) is 24.3 Å². The Balaban J connectivity index is 2.89. The molecule has 2 atom stereocenters. The Labute approximate surface area is 227 Å². The third kappa shape index (κ3) is 11.4. The summed E-state index contributed by atoms with van der Waals surface area (Å²) in [5.74, 6) is -1.96. The highest BCUT2D eigenvalue weighted by Crippen LogP contribution is 2.33. The second kappa shape index (κ2) is 15.7. The van der Waals surface area contributed by atoms with Crippen LogP contribution in [0.1, 0.15) is 70.3 Å². The van der Waals surface area contributed by atoms with Crippen molar-refractivity contribution in [3.05, 3.63) is 29.8 Å². The molecule has 0 heterocycles. The van der Waals surface area contributed by atoms with Crippen LogP contribution in [0.5, 0.6) is 5.75 Å². The summed E-state index contributed by atoms with van der Waals surface area (Å²) in [5.41, 5.74) is -0.898. The van der Waals surface area contributed by atoms with Crippen molar-refractivity contribution in [2.45, 2.75) is 81.7 Å². The molecule has 0 radical (unpaired) electrons. The molecule has 1 aromatic rings. The maximum absolute atomic E-state index is 13.0. The molecule has 1 rings (SSSR count). The molecule has 13 heteroatoms. The smallest absolute Gasteiger partial charge is 0.416 e. The van der Waals surface area contributed by atoms with Crippen molar-refractivity contribution in [1.29, 1.82) is 0 Å². The number of ether oxygens (including phenoxy) is 4. The van der Waals surface area contributed by atoms with Gasteiger partial charge in [0.25, 0.3) is 0 Å². The summed E-state index contributed by atoms with van der Waals surface area (Å²) in [6.07, 6.45) is -2.01. The average molecular weight is 583 g/mol. The molecule has 0 aliphatic carbocycles. The number of sulfone groups is 1. The van der Waals surface area contributed by atoms with Crippen LogP contribution in [0.2, 0.25) is 0 Å². The first-order valence-electron chi connectivity index (χ1n) is 12.5. The molecule has 0 aliphatic rings. The molecule has 39 heavy (non-hydrogen) atoms. The fraction of sp³-hybridized carbons (Fsp3) is 0.654. The highest BCUT2D eigenvalue weighted by atomic mass is 32.2. The molecule has 0 saturated heterocycles. The summed E-state index contributed by atoms with van der Waals surface area (Å²) < 4.78 is 82.8. The SMILES string of the molecule is COC(=O)CCCCCCC(CCCC(COc1cccc(C(F)(F)F)c1)OC(C)=O)(C(=O)OC)S(C)(=O)=O. The van der Waals surface area contributed by atoms with Gasteiger partial charge in [-0.3, -0.25) is 14.4 Å². The first-order chi connectivity index (χ1) is 18.2. The summed E-state index contributed by atoms with van der Waals surface area (Å²) in [6, 6.07) is 4.23. The monoisotopic (exact) mass is 582 g/mol. The van der Waals surface area contributed by atoms with E-state index in [0.717, 1.165) is 32.4 Å². The molecule has 0 N–H and O–H groups in total. The lowest BCUT2D eigenvalue weighted by Crippen LogP contribution is -2.47. The quantitative estimate of drug-likeness (QED) is 0.147. The van der Waals surface area contributed by atoms with Crippen LogP contribution in [0, 0.1) is 0 Å². The standard InChI is InChI=1S/C26H37F3O9S/c1-19(30)38-22(18-37-21-12-9-11-20(17-21)26(27,28)29)13-10-16-25(24(32)36-3,39(4,33)34)15-8-6-5-7-14-23(31)35-2/h9,11-12,17,22H,5-8,10,13-16,18H2,1-4H3. The molecule has 0 saturated carbocycles. The van der Waals surface area contributed by atoms with E-state index in [-0.39, 0.29) is 50.4 Å². The van der Waals surface area contributed by atoms with Crippen LogP contribution in [0.4, 0.5) is 13.2 Å². The summed E-state index contributed by atoms with van der Waals surface area (Å²) >= 11 is 0. The summed E-state index contributed by atoms with van der Waals surface area (Å²) in [4.78, 5) is 35.6. The number of unbranched alkanes of at least 4 members (excludes halogenated alkanes) is 3. The summed E-state index contributed by atoms with van der Waals surface area (Å²) in [5, 5.41) is 0. The second-order valence-corrected chi connectivity index (χ2v) is 11.5. The molecular weight excluding hydrogens is 545 g/mol. The van der Waals surface area contributed by atoms with Gasteiger partial charge in [-0.2, -0.15) is 13.2 Å². The molecule has 0 aromatic heterocycles. The number of benzene rings is 1. The van der Waals surface area contributed by atoms with Gasteiger partial charge in [-0.05, 0) is 50.3 Å². The third-order valence-corrected chi connectivity index (χ3v) is 8.24. The number of esters is 3. The topological polar surface area (TPSA) is 122 Å². The van der Waals surface area contributed by atoms with Crippen LogP contribution in [0.25, 0.3) is 0 Å². The summed E-state index contributed by atoms with van der Waals surface area (Å²) in [6.45, 7) is 0.887. The van der Waals surface area contributed by atoms with E-state index < -0.39 is 44.4 Å². The van der Waals surface area contributed by atoms with Crippen LogP contribution < -0.4 is 4.74 Å². The zero-order valence-electron chi connectivity index (χ0n) is 22.7. The molecule has 0 bridgehead atoms. The maximum atomic E-state index is 13.0. The van der Waals surface area contributed by atoms with Crippen LogP contribution >= 0.6 is 0 Å². The van der Waals surface area contributed by atoms with Gasteiger partial charge >= 0.3 is 24.1 Å². The Morgan fingerprint density at radius 1 is 0.949 bits per heavy atom. The van der Waals surface area contributed by atoms with E-state index >= 15 is 0 Å². The number of carbonyl (C=O) groups is 3. The maximum Gasteiger partial charge on any atom is 0.416 e. The van der Waals surface area contributed by atoms with Gasteiger partial charge in [-0.1, -0.05) is 25.3 Å². The van der Waals surface area contributed by atoms with Crippen molar-refractivity contribution in [3.8, 4) is 5.75 Å². The highest BCUT2D eigenvalue weighted by molar-refractivity contribution is 7.92. The lowest BCUT2D eigenvalue weighted by Gasteiger charge is -2.30. The lowest BCUT2D eigenvalue weighted by atomic mass is 9.93. The third-order valence-electron chi connectivity index (χ3n) is 6.24. The van der Waals surface area contributed by atoms with Gasteiger partial charge in [-0.15, -0.1) is 0 Å². The first kappa shape index (κ1) is 34.2. The van der Waals surface area contributed by atoms with Crippen LogP contribution in [0.3, 0.4) is 0 Å². The van der Waals surface area contributed by atoms with E-state index in [4.69, 9.17) is 14.2 Å². The molecule has 1 aromatic carbocycles. The molecular formula is C26H37F3O9S. The Hall–Kier alpha value is -2.83. The normalized spacial score (nSPS) is 14.1. The Kier molecular flexibility index (Phi) is 13.8. The van der Waals surface area contributed by atoms with Crippen molar-refractivity contribution < 1.29 is 54.9 Å². The van der Waals surface area contributed by atoms with E-state index in [9.17, 15) is 36.0 Å². The van der Waals surface area contributed by atoms with Gasteiger partial charge in [0.05, 0.1) is 19.8 Å². The second-order valence-electron chi connectivity index (χ2n) is 9.21. The van der Waals surface area contributed by atoms with Crippen molar-refractivity contribution in [2.75, 3.05) is 27.1 Å². The predicted octanol–water partition coefficient (Wildman–Crippen LogP) is 4.66. The number of hydrogen-bond acceptors (Lipinski definition) is 9. The van der Waals surface area contributed by atoms with Gasteiger partial charge in [0.2, 0.25) is 0 Å². The van der Waals surface area contributed by atoms with E-state index in [0.29, 0.717) is 25.7 Å². The first-order valence-corrected chi connectivity index (χ1v) is 14.4. The Morgan fingerprint density at radius 3 is 2.15 bits per heavy atom. The number of alkyl halides is 3. The Morgan fingerprint density at radius 2 is 1.59 bits per heavy atom. The van der Waals surface area contributed by atoms with Gasteiger partial charge in [0, 0.05) is 19.6 Å². The Bertz CT molecular complexity index is 1060. The van der Waals surface area contributed by atoms with Crippen LogP contribution in [-0.4, -0.2) is 64.3 Å². The lowest BCUT2D eigenvalue weighted by molar-refractivity contribution is -0.149. The fourth-order valence-electron chi connectivity index (χ4n) is 4.15. The number of methoxy groups -OCH3 is 2. The number of rotatable bonds is 17. The van der Waals surface area contributed by atoms with Crippen molar-refractivity contribution in [2.24, 2.45) is 0 Å². The van der Waals surface area contributed by atoms with Gasteiger partial charge in [0.15, 0.2) is 14.6 Å². The number of hydrogen-bond donors (Lipinski definition) is 0. The minimum atomic E-state index is -4.56. The van der Waals surface area contributed by atoms with Crippen molar-refractivity contribution >= 4 is 27.7 Å². The molecule has 2 unspecified atom stereocenters. The zero-order chi connectivity index (χ0) is 29.7. The van der Waals surface area contributed by atoms with E-state index in [1.165, 1.54) is 19.2 Å². The predicted molar refractivity (Wildman–Crippen MR) is 136 cm³/mol. The minimum absolute atomic E-state index is 0.00427. The number of halogens is 3. The van der Waals surface area contributed by atoms with Crippen molar-refractivity contribution in [3.63, 3.8) is 0 Å². The van der Waals surface area contributed by atoms with Gasteiger partial charge < -0.3 is 18.9 Å². The minimum Gasteiger partial charge on any atom is -0.490 e. The molecule has 9 nitrogen and oxygen atoms in total. The van der Waals surface area contributed by atoms with Gasteiger partial charge in [-0.25, -0.2) is 8.42 Å².